The van der Waals surface area contributed by atoms with Gasteiger partial charge in [-0.05, 0) is 37.5 Å². The molecule has 130 valence electrons. The molecule has 8 heteroatoms. The van der Waals surface area contributed by atoms with Crippen LogP contribution in [-0.2, 0) is 19.9 Å². The van der Waals surface area contributed by atoms with E-state index in [1.807, 2.05) is 13.8 Å². The number of methoxy groups -OCH3 is 1. The molecule has 2 rings (SSSR count). The van der Waals surface area contributed by atoms with Crippen LogP contribution in [0.25, 0.3) is 0 Å². The highest BCUT2D eigenvalue weighted by molar-refractivity contribution is 7.92. The van der Waals surface area contributed by atoms with E-state index in [1.165, 1.54) is 11.4 Å². The minimum absolute atomic E-state index is 0.0400. The highest BCUT2D eigenvalue weighted by Crippen LogP contribution is 2.31. The van der Waals surface area contributed by atoms with Crippen LogP contribution in [0.1, 0.15) is 25.3 Å². The lowest BCUT2D eigenvalue weighted by Crippen LogP contribution is -2.41. The van der Waals surface area contributed by atoms with Gasteiger partial charge in [-0.2, -0.15) is 4.31 Å². The summed E-state index contributed by atoms with van der Waals surface area (Å²) in [5, 5.41) is 0. The Bertz CT molecular complexity index is 771. The zero-order valence-electron chi connectivity index (χ0n) is 13.6. The van der Waals surface area contributed by atoms with Gasteiger partial charge in [0.15, 0.2) is 9.84 Å². The van der Waals surface area contributed by atoms with E-state index >= 15 is 0 Å². The number of sulfone groups is 1. The summed E-state index contributed by atoms with van der Waals surface area (Å²) in [6.07, 6.45) is 0.958. The Morgan fingerprint density at radius 2 is 2.04 bits per heavy atom. The van der Waals surface area contributed by atoms with Crippen LogP contribution >= 0.6 is 0 Å². The molecule has 0 aromatic heterocycles. The predicted molar refractivity (Wildman–Crippen MR) is 89.0 cm³/mol. The number of sulfonamides is 1. The molecule has 1 saturated heterocycles. The highest BCUT2D eigenvalue weighted by atomic mass is 32.2. The van der Waals surface area contributed by atoms with E-state index in [0.717, 1.165) is 5.56 Å². The lowest BCUT2D eigenvalue weighted by Gasteiger charge is -2.27. The molecule has 1 heterocycles. The lowest BCUT2D eigenvalue weighted by molar-refractivity contribution is 0.336. The van der Waals surface area contributed by atoms with Gasteiger partial charge >= 0.3 is 0 Å². The summed E-state index contributed by atoms with van der Waals surface area (Å²) in [6.45, 7) is 3.97. The largest absolute Gasteiger partial charge is 0.495 e. The fourth-order valence-electron chi connectivity index (χ4n) is 2.83. The molecular weight excluding hydrogens is 338 g/mol. The molecule has 0 saturated carbocycles. The first-order valence-electron chi connectivity index (χ1n) is 7.58. The van der Waals surface area contributed by atoms with Gasteiger partial charge in [0.05, 0.1) is 18.6 Å². The van der Waals surface area contributed by atoms with Crippen LogP contribution in [0.2, 0.25) is 0 Å². The Balaban J connectivity index is 2.48. The Morgan fingerprint density at radius 1 is 1.35 bits per heavy atom. The van der Waals surface area contributed by atoms with Crippen molar-refractivity contribution in [2.45, 2.75) is 37.6 Å². The summed E-state index contributed by atoms with van der Waals surface area (Å²) in [5.74, 6) is 0.205. The van der Waals surface area contributed by atoms with Gasteiger partial charge in [0.1, 0.15) is 10.6 Å². The Morgan fingerprint density at radius 3 is 2.57 bits per heavy atom. The number of nitrogens with zero attached hydrogens (tertiary/aromatic N) is 1. The van der Waals surface area contributed by atoms with Crippen LogP contribution in [-0.4, -0.2) is 52.3 Å². The average Bonchev–Trinajstić information content (AvgIpc) is 2.84. The van der Waals surface area contributed by atoms with Crippen LogP contribution in [0.15, 0.2) is 23.1 Å². The molecule has 1 aliphatic rings. The zero-order valence-corrected chi connectivity index (χ0v) is 15.3. The van der Waals surface area contributed by atoms with Gasteiger partial charge in [-0.25, -0.2) is 16.8 Å². The minimum atomic E-state index is -3.82. The number of rotatable bonds is 6. The van der Waals surface area contributed by atoms with Gasteiger partial charge in [-0.15, -0.1) is 0 Å². The second-order valence-corrected chi connectivity index (χ2v) is 9.91. The van der Waals surface area contributed by atoms with Crippen molar-refractivity contribution in [3.63, 3.8) is 0 Å². The molecule has 0 aliphatic carbocycles. The molecule has 0 radical (unpaired) electrons. The van der Waals surface area contributed by atoms with Crippen molar-refractivity contribution in [2.24, 2.45) is 0 Å². The molecule has 1 fully saturated rings. The van der Waals surface area contributed by atoms with Crippen LogP contribution in [0.5, 0.6) is 5.75 Å². The van der Waals surface area contributed by atoms with E-state index in [9.17, 15) is 16.8 Å². The number of hydrogen-bond donors (Lipinski definition) is 0. The van der Waals surface area contributed by atoms with E-state index in [2.05, 4.69) is 0 Å². The van der Waals surface area contributed by atoms with E-state index in [0.29, 0.717) is 19.4 Å². The Hall–Kier alpha value is -1.12. The number of hydrogen-bond acceptors (Lipinski definition) is 5. The van der Waals surface area contributed by atoms with Gasteiger partial charge in [0.2, 0.25) is 10.0 Å². The smallest absolute Gasteiger partial charge is 0.247 e. The van der Waals surface area contributed by atoms with Crippen LogP contribution < -0.4 is 4.74 Å². The first kappa shape index (κ1) is 18.2. The number of benzene rings is 1. The van der Waals surface area contributed by atoms with E-state index in [-0.39, 0.29) is 22.2 Å². The van der Waals surface area contributed by atoms with Crippen LogP contribution in [0, 0.1) is 6.92 Å². The third-order valence-corrected chi connectivity index (χ3v) is 7.69. The van der Waals surface area contributed by atoms with E-state index in [1.54, 1.807) is 18.2 Å². The maximum Gasteiger partial charge on any atom is 0.247 e. The fraction of sp³-hybridized carbons (Fsp3) is 0.600. The second-order valence-electron chi connectivity index (χ2n) is 5.83. The molecule has 0 N–H and O–H groups in total. The number of ether oxygens (including phenoxy) is 1. The van der Waals surface area contributed by atoms with Gasteiger partial charge in [-0.1, -0.05) is 13.0 Å². The average molecular weight is 361 g/mol. The molecule has 23 heavy (non-hydrogen) atoms. The van der Waals surface area contributed by atoms with Crippen LogP contribution in [0.4, 0.5) is 0 Å². The van der Waals surface area contributed by atoms with Gasteiger partial charge in [-0.3, -0.25) is 0 Å². The van der Waals surface area contributed by atoms with Gasteiger partial charge < -0.3 is 4.74 Å². The minimum Gasteiger partial charge on any atom is -0.495 e. The SMILES string of the molecule is CCCN([C@@H]1CCS(=O)(=O)C1)S(=O)(=O)c1cc(C)ccc1OC. The van der Waals surface area contributed by atoms with Crippen molar-refractivity contribution in [3.05, 3.63) is 23.8 Å². The van der Waals surface area contributed by atoms with Gasteiger partial charge in [0.25, 0.3) is 0 Å². The zero-order chi connectivity index (χ0) is 17.3. The summed E-state index contributed by atoms with van der Waals surface area (Å²) in [4.78, 5) is 0.0951. The van der Waals surface area contributed by atoms with Crippen molar-refractivity contribution in [2.75, 3.05) is 25.2 Å². The molecule has 0 unspecified atom stereocenters. The molecule has 1 atom stereocenters. The lowest BCUT2D eigenvalue weighted by atomic mass is 10.2. The summed E-state index contributed by atoms with van der Waals surface area (Å²) >= 11 is 0. The highest BCUT2D eigenvalue weighted by Gasteiger charge is 2.39. The number of aryl methyl sites for hydroxylation is 1. The molecule has 0 spiro atoms. The van der Waals surface area contributed by atoms with Gasteiger partial charge in [0, 0.05) is 12.6 Å². The topological polar surface area (TPSA) is 80.8 Å². The Labute approximate surface area is 138 Å². The second kappa shape index (κ2) is 6.78. The normalized spacial score (nSPS) is 20.8. The summed E-state index contributed by atoms with van der Waals surface area (Å²) in [6, 6.07) is 4.47. The quantitative estimate of drug-likeness (QED) is 0.769. The molecule has 1 aromatic rings. The van der Waals surface area contributed by atoms with Crippen molar-refractivity contribution in [3.8, 4) is 5.75 Å². The summed E-state index contributed by atoms with van der Waals surface area (Å²) in [7, 11) is -5.56. The van der Waals surface area contributed by atoms with E-state index < -0.39 is 25.9 Å². The predicted octanol–water partition coefficient (Wildman–Crippen LogP) is 1.59. The molecule has 0 amide bonds. The third kappa shape index (κ3) is 3.87. The van der Waals surface area contributed by atoms with Crippen molar-refractivity contribution >= 4 is 19.9 Å². The first-order chi connectivity index (χ1) is 10.7. The molecule has 1 aromatic carbocycles. The standard InChI is InChI=1S/C15H23NO5S2/c1-4-8-16(13-7-9-22(17,18)11-13)23(19,20)15-10-12(2)5-6-14(15)21-3/h5-6,10,13H,4,7-9,11H2,1-3H3/t13-/m1/s1. The Kier molecular flexibility index (Phi) is 5.37. The summed E-state index contributed by atoms with van der Waals surface area (Å²) in [5.41, 5.74) is 0.805. The summed E-state index contributed by atoms with van der Waals surface area (Å²) < 4.78 is 56.2. The molecule has 0 bridgehead atoms. The maximum atomic E-state index is 13.1. The molecule has 6 nitrogen and oxygen atoms in total. The van der Waals surface area contributed by atoms with E-state index in [4.69, 9.17) is 4.74 Å². The molecule has 1 aliphatic heterocycles. The van der Waals surface area contributed by atoms with Crippen molar-refractivity contribution in [1.29, 1.82) is 0 Å². The first-order valence-corrected chi connectivity index (χ1v) is 10.8. The van der Waals surface area contributed by atoms with Crippen molar-refractivity contribution < 1.29 is 21.6 Å². The van der Waals surface area contributed by atoms with Crippen molar-refractivity contribution in [1.82, 2.24) is 4.31 Å². The maximum absolute atomic E-state index is 13.1. The fourth-order valence-corrected chi connectivity index (χ4v) is 6.65. The molecular formula is C15H23NO5S2. The van der Waals surface area contributed by atoms with Crippen LogP contribution in [0.3, 0.4) is 0 Å². The monoisotopic (exact) mass is 361 g/mol. The third-order valence-electron chi connectivity index (χ3n) is 3.97.